The monoisotopic (exact) mass is 450 g/mol. The van der Waals surface area contributed by atoms with Crippen molar-refractivity contribution in [1.82, 2.24) is 15.1 Å². The molecule has 2 aromatic carbocycles. The molecule has 2 fully saturated rings. The van der Waals surface area contributed by atoms with Crippen molar-refractivity contribution in [2.45, 2.75) is 44.1 Å². The van der Waals surface area contributed by atoms with Gasteiger partial charge in [0, 0.05) is 39.9 Å². The number of amides is 2. The summed E-state index contributed by atoms with van der Waals surface area (Å²) < 4.78 is 1.45. The molecule has 3 aromatic rings. The fraction of sp³-hybridized carbons (Fsp3) is 0.292. The van der Waals surface area contributed by atoms with Crippen molar-refractivity contribution in [2.75, 3.05) is 5.32 Å². The lowest BCUT2D eigenvalue weighted by atomic mass is 9.82. The fourth-order valence-electron chi connectivity index (χ4n) is 3.78. The number of halogens is 1. The lowest BCUT2D eigenvalue weighted by Crippen LogP contribution is -2.33. The Balaban J connectivity index is 1.38. The van der Waals surface area contributed by atoms with Gasteiger partial charge in [-0.15, -0.1) is 0 Å². The van der Waals surface area contributed by atoms with E-state index in [0.717, 1.165) is 37.8 Å². The Hall–Kier alpha value is -3.32. The van der Waals surface area contributed by atoms with Crippen molar-refractivity contribution in [3.8, 4) is 17.0 Å². The van der Waals surface area contributed by atoms with E-state index in [1.165, 1.54) is 10.7 Å². The summed E-state index contributed by atoms with van der Waals surface area (Å²) in [5.74, 6) is -0.0188. The summed E-state index contributed by atoms with van der Waals surface area (Å²) in [6, 6.07) is 13.3. The van der Waals surface area contributed by atoms with Crippen LogP contribution in [0.25, 0.3) is 11.3 Å². The average Bonchev–Trinajstić information content (AvgIpc) is 3.44. The number of phenols is 1. The number of hydrogen-bond acceptors (Lipinski definition) is 4. The molecule has 1 heterocycles. The number of nitrogens with zero attached hydrogens (tertiary/aromatic N) is 2. The second kappa shape index (κ2) is 8.31. The van der Waals surface area contributed by atoms with Gasteiger partial charge in [0.25, 0.3) is 5.91 Å². The van der Waals surface area contributed by atoms with E-state index in [1.54, 1.807) is 36.4 Å². The fourth-order valence-corrected chi connectivity index (χ4v) is 3.90. The molecule has 2 aliphatic carbocycles. The van der Waals surface area contributed by atoms with Crippen molar-refractivity contribution in [2.24, 2.45) is 0 Å². The molecule has 2 saturated carbocycles. The smallest absolute Gasteiger partial charge is 0.342 e. The third-order valence-corrected chi connectivity index (χ3v) is 6.25. The Morgan fingerprint density at radius 1 is 1.03 bits per heavy atom. The largest absolute Gasteiger partial charge is 0.507 e. The van der Waals surface area contributed by atoms with Gasteiger partial charge in [-0.1, -0.05) is 18.0 Å². The van der Waals surface area contributed by atoms with Crippen LogP contribution in [0.4, 0.5) is 10.5 Å². The van der Waals surface area contributed by atoms with E-state index in [4.69, 9.17) is 11.6 Å². The van der Waals surface area contributed by atoms with Gasteiger partial charge in [-0.25, -0.2) is 4.79 Å². The first-order chi connectivity index (χ1) is 15.5. The van der Waals surface area contributed by atoms with E-state index >= 15 is 0 Å². The minimum absolute atomic E-state index is 0.0219. The lowest BCUT2D eigenvalue weighted by molar-refractivity contribution is 0.102. The number of phenolic OH excluding ortho intramolecular Hbond substituents is 1. The van der Waals surface area contributed by atoms with Gasteiger partial charge in [-0.05, 0) is 68.1 Å². The van der Waals surface area contributed by atoms with Crippen molar-refractivity contribution < 1.29 is 14.7 Å². The molecule has 0 atom stereocenters. The molecule has 0 radical (unpaired) electrons. The molecule has 7 nitrogen and oxygen atoms in total. The zero-order valence-corrected chi connectivity index (χ0v) is 18.1. The second-order valence-electron chi connectivity index (χ2n) is 8.41. The van der Waals surface area contributed by atoms with Crippen molar-refractivity contribution in [3.05, 3.63) is 64.8 Å². The number of aromatic hydroxyl groups is 1. The Bertz CT molecular complexity index is 1180. The molecule has 0 aliphatic heterocycles. The molecule has 3 N–H and O–H groups in total. The second-order valence-corrected chi connectivity index (χ2v) is 8.85. The minimum Gasteiger partial charge on any atom is -0.507 e. The van der Waals surface area contributed by atoms with Gasteiger partial charge in [0.1, 0.15) is 5.75 Å². The molecule has 0 unspecified atom stereocenters. The molecule has 2 amide bonds. The summed E-state index contributed by atoms with van der Waals surface area (Å²) in [6.45, 7) is 0. The summed E-state index contributed by atoms with van der Waals surface area (Å²) in [4.78, 5) is 25.1. The molecule has 1 aromatic heterocycles. The Morgan fingerprint density at radius 3 is 2.41 bits per heavy atom. The molecule has 0 bridgehead atoms. The molecule has 8 heteroatoms. The number of hydrogen-bond donors (Lipinski definition) is 3. The Labute approximate surface area is 190 Å². The highest BCUT2D eigenvalue weighted by Gasteiger charge is 2.30. The predicted molar refractivity (Wildman–Crippen MR) is 122 cm³/mol. The molecular formula is C24H23ClN4O3. The van der Waals surface area contributed by atoms with Crippen LogP contribution >= 0.6 is 11.6 Å². The molecule has 0 spiro atoms. The van der Waals surface area contributed by atoms with Crippen LogP contribution in [0.5, 0.6) is 5.75 Å². The summed E-state index contributed by atoms with van der Waals surface area (Å²) in [5.41, 5.74) is 2.84. The third kappa shape index (κ3) is 4.21. The van der Waals surface area contributed by atoms with Gasteiger partial charge in [0.05, 0.1) is 11.4 Å². The highest BCUT2D eigenvalue weighted by atomic mass is 35.5. The highest BCUT2D eigenvalue weighted by Crippen LogP contribution is 2.39. The summed E-state index contributed by atoms with van der Waals surface area (Å²) in [7, 11) is 0. The number of carbonyl (C=O) groups excluding carboxylic acids is 2. The van der Waals surface area contributed by atoms with E-state index in [0.29, 0.717) is 33.4 Å². The van der Waals surface area contributed by atoms with Crippen LogP contribution in [-0.2, 0) is 0 Å². The van der Waals surface area contributed by atoms with Crippen LogP contribution in [0.15, 0.2) is 48.5 Å². The SMILES string of the molecule is O=C(Nc1ccc(-c2cc(C3CCC3)n(C(=O)NC3CC3)n2)c(O)c1)c1ccc(Cl)cc1. The van der Waals surface area contributed by atoms with Crippen LogP contribution in [0, 0.1) is 0 Å². The zero-order valence-electron chi connectivity index (χ0n) is 17.3. The summed E-state index contributed by atoms with van der Waals surface area (Å²) >= 11 is 5.87. The quantitative estimate of drug-likeness (QED) is 0.501. The lowest BCUT2D eigenvalue weighted by Gasteiger charge is -2.25. The number of anilines is 1. The number of aromatic nitrogens is 2. The maximum Gasteiger partial charge on any atom is 0.342 e. The maximum atomic E-state index is 12.7. The summed E-state index contributed by atoms with van der Waals surface area (Å²) in [5, 5.41) is 21.5. The molecular weight excluding hydrogens is 428 g/mol. The van der Waals surface area contributed by atoms with Crippen LogP contribution in [-0.4, -0.2) is 32.9 Å². The molecule has 32 heavy (non-hydrogen) atoms. The molecule has 0 saturated heterocycles. The van der Waals surface area contributed by atoms with E-state index < -0.39 is 0 Å². The minimum atomic E-state index is -0.304. The number of carbonyl (C=O) groups is 2. The molecule has 164 valence electrons. The van der Waals surface area contributed by atoms with Gasteiger partial charge in [-0.2, -0.15) is 9.78 Å². The average molecular weight is 451 g/mol. The Morgan fingerprint density at radius 2 is 1.78 bits per heavy atom. The zero-order chi connectivity index (χ0) is 22.2. The maximum absolute atomic E-state index is 12.7. The first-order valence-corrected chi connectivity index (χ1v) is 11.2. The molecule has 2 aliphatic rings. The van der Waals surface area contributed by atoms with Crippen LogP contribution < -0.4 is 10.6 Å². The van der Waals surface area contributed by atoms with E-state index in [1.807, 2.05) is 6.07 Å². The van der Waals surface area contributed by atoms with Gasteiger partial charge >= 0.3 is 6.03 Å². The normalized spacial score (nSPS) is 15.8. The first-order valence-electron chi connectivity index (χ1n) is 10.8. The highest BCUT2D eigenvalue weighted by molar-refractivity contribution is 6.30. The van der Waals surface area contributed by atoms with E-state index in [2.05, 4.69) is 15.7 Å². The topological polar surface area (TPSA) is 96.3 Å². The van der Waals surface area contributed by atoms with Gasteiger partial charge in [-0.3, -0.25) is 4.79 Å². The van der Waals surface area contributed by atoms with Crippen LogP contribution in [0.1, 0.15) is 54.1 Å². The van der Waals surface area contributed by atoms with Crippen molar-refractivity contribution in [3.63, 3.8) is 0 Å². The standard InChI is InChI=1S/C24H23ClN4O3/c25-16-6-4-15(5-7-16)23(31)26-18-10-11-19(22(30)12-18)20-13-21(14-2-1-3-14)29(28-20)24(32)27-17-8-9-17/h4-7,10-14,17,30H,1-3,8-9H2,(H,26,31)(H,27,32). The third-order valence-electron chi connectivity index (χ3n) is 6.00. The van der Waals surface area contributed by atoms with E-state index in [-0.39, 0.29) is 23.7 Å². The predicted octanol–water partition coefficient (Wildman–Crippen LogP) is 5.15. The van der Waals surface area contributed by atoms with Gasteiger partial charge in [0.2, 0.25) is 0 Å². The van der Waals surface area contributed by atoms with Crippen molar-refractivity contribution >= 4 is 29.2 Å². The van der Waals surface area contributed by atoms with Gasteiger partial charge in [0.15, 0.2) is 0 Å². The number of rotatable bonds is 5. The Kier molecular flexibility index (Phi) is 5.35. The van der Waals surface area contributed by atoms with Crippen LogP contribution in [0.2, 0.25) is 5.02 Å². The molecule has 5 rings (SSSR count). The van der Waals surface area contributed by atoms with Crippen LogP contribution in [0.3, 0.4) is 0 Å². The van der Waals surface area contributed by atoms with E-state index in [9.17, 15) is 14.7 Å². The van der Waals surface area contributed by atoms with Crippen molar-refractivity contribution in [1.29, 1.82) is 0 Å². The number of benzene rings is 2. The summed E-state index contributed by atoms with van der Waals surface area (Å²) in [6.07, 6.45) is 5.21. The van der Waals surface area contributed by atoms with Gasteiger partial charge < -0.3 is 15.7 Å². The first kappa shape index (κ1) is 20.6. The number of nitrogens with one attached hydrogen (secondary N) is 2.